The van der Waals surface area contributed by atoms with E-state index in [-0.39, 0.29) is 25.5 Å². The van der Waals surface area contributed by atoms with E-state index in [0.717, 1.165) is 15.8 Å². The van der Waals surface area contributed by atoms with Gasteiger partial charge in [-0.1, -0.05) is 42.5 Å². The van der Waals surface area contributed by atoms with Crippen molar-refractivity contribution in [3.05, 3.63) is 90.3 Å². The number of hydrogen-bond donors (Lipinski definition) is 3. The number of rotatable bonds is 11. The van der Waals surface area contributed by atoms with Crippen molar-refractivity contribution < 1.29 is 24.2 Å². The normalized spacial score (nSPS) is 10.7. The number of methoxy groups -OCH3 is 1. The Balaban J connectivity index is 1.28. The Labute approximate surface area is 239 Å². The highest BCUT2D eigenvalue weighted by Crippen LogP contribution is 2.30. The number of ether oxygens (including phenoxy) is 2. The molecule has 3 aromatic carbocycles. The van der Waals surface area contributed by atoms with Crippen LogP contribution in [0, 0.1) is 0 Å². The summed E-state index contributed by atoms with van der Waals surface area (Å²) in [6.45, 7) is 0.409. The molecule has 2 heterocycles. The quantitative estimate of drug-likeness (QED) is 0.174. The molecule has 208 valence electrons. The van der Waals surface area contributed by atoms with Crippen LogP contribution in [-0.4, -0.2) is 45.7 Å². The first-order valence-corrected chi connectivity index (χ1v) is 13.5. The van der Waals surface area contributed by atoms with E-state index in [4.69, 9.17) is 9.47 Å². The smallest absolute Gasteiger partial charge is 0.325 e. The molecule has 0 aliphatic rings. The number of nitrogens with one attached hydrogen (secondary N) is 2. The standard InChI is InChI=1S/C29H26N6O5S/c1-39-24-9-5-4-8-23(24)33-28(38)32-21-15-26(41-17-21)35(13-12-27(36)37)16-25-30-18-31-29(34-25)40-22-11-10-19-6-2-3-7-20(19)14-22/h2-11,14-15,17-18H,12-13,16H2,1H3,(H,36,37)(H2,32,33,38). The average molecular weight is 571 g/mol. The minimum atomic E-state index is -0.933. The van der Waals surface area contributed by atoms with Gasteiger partial charge in [0.05, 0.1) is 36.5 Å². The Kier molecular flexibility index (Phi) is 8.50. The van der Waals surface area contributed by atoms with E-state index in [9.17, 15) is 14.7 Å². The highest BCUT2D eigenvalue weighted by molar-refractivity contribution is 7.14. The molecule has 0 radical (unpaired) electrons. The number of anilines is 3. The number of aliphatic carboxylic acids is 1. The minimum Gasteiger partial charge on any atom is -0.495 e. The molecular formula is C29H26N6O5S. The zero-order valence-corrected chi connectivity index (χ0v) is 22.8. The maximum absolute atomic E-state index is 12.6. The fourth-order valence-corrected chi connectivity index (χ4v) is 4.91. The number of fused-ring (bicyclic) bond motifs is 1. The highest BCUT2D eigenvalue weighted by Gasteiger charge is 2.16. The van der Waals surface area contributed by atoms with E-state index in [1.165, 1.54) is 24.8 Å². The predicted octanol–water partition coefficient (Wildman–Crippen LogP) is 6.01. The van der Waals surface area contributed by atoms with Crippen LogP contribution < -0.4 is 25.0 Å². The number of hydrogen-bond acceptors (Lipinski definition) is 9. The molecule has 0 atom stereocenters. The third-order valence-corrected chi connectivity index (χ3v) is 6.96. The van der Waals surface area contributed by atoms with Crippen molar-refractivity contribution in [3.63, 3.8) is 0 Å². The van der Waals surface area contributed by atoms with Crippen LogP contribution in [-0.2, 0) is 11.3 Å². The average Bonchev–Trinajstić information content (AvgIpc) is 3.43. The van der Waals surface area contributed by atoms with Gasteiger partial charge in [0.15, 0.2) is 5.82 Å². The number of carboxylic acid groups (broad SMARTS) is 1. The summed E-state index contributed by atoms with van der Waals surface area (Å²) < 4.78 is 11.2. The molecule has 3 N–H and O–H groups in total. The van der Waals surface area contributed by atoms with Gasteiger partial charge >= 0.3 is 18.0 Å². The summed E-state index contributed by atoms with van der Waals surface area (Å²) in [5, 5.41) is 19.5. The summed E-state index contributed by atoms with van der Waals surface area (Å²) in [7, 11) is 1.53. The van der Waals surface area contributed by atoms with Crippen molar-refractivity contribution in [3.8, 4) is 17.5 Å². The SMILES string of the molecule is COc1ccccc1NC(=O)Nc1csc(N(CCC(=O)O)Cc2ncnc(Oc3ccc4ccccc4c3)n2)c1. The number of para-hydroxylation sites is 2. The highest BCUT2D eigenvalue weighted by atomic mass is 32.1. The lowest BCUT2D eigenvalue weighted by Gasteiger charge is -2.21. The van der Waals surface area contributed by atoms with E-state index in [1.807, 2.05) is 53.4 Å². The molecule has 0 saturated carbocycles. The molecular weight excluding hydrogens is 544 g/mol. The summed E-state index contributed by atoms with van der Waals surface area (Å²) >= 11 is 1.36. The van der Waals surface area contributed by atoms with Crippen molar-refractivity contribution in [2.75, 3.05) is 29.2 Å². The maximum atomic E-state index is 12.6. The van der Waals surface area contributed by atoms with Crippen LogP contribution in [0.5, 0.6) is 17.5 Å². The van der Waals surface area contributed by atoms with Crippen molar-refractivity contribution in [1.82, 2.24) is 15.0 Å². The first-order valence-electron chi connectivity index (χ1n) is 12.6. The second kappa shape index (κ2) is 12.7. The second-order valence-corrected chi connectivity index (χ2v) is 9.70. The van der Waals surface area contributed by atoms with Crippen LogP contribution in [0.3, 0.4) is 0 Å². The molecule has 0 spiro atoms. The van der Waals surface area contributed by atoms with E-state index in [1.54, 1.807) is 29.6 Å². The molecule has 0 aliphatic carbocycles. The number of benzene rings is 3. The summed E-state index contributed by atoms with van der Waals surface area (Å²) in [4.78, 5) is 38.6. The van der Waals surface area contributed by atoms with Crippen LogP contribution >= 0.6 is 11.3 Å². The van der Waals surface area contributed by atoms with Gasteiger partial charge in [-0.2, -0.15) is 9.97 Å². The molecule has 0 fully saturated rings. The van der Waals surface area contributed by atoms with E-state index >= 15 is 0 Å². The van der Waals surface area contributed by atoms with Crippen LogP contribution in [0.2, 0.25) is 0 Å². The molecule has 0 saturated heterocycles. The van der Waals surface area contributed by atoms with E-state index in [0.29, 0.717) is 28.7 Å². The lowest BCUT2D eigenvalue weighted by atomic mass is 10.1. The second-order valence-electron chi connectivity index (χ2n) is 8.81. The first kappa shape index (κ1) is 27.3. The van der Waals surface area contributed by atoms with Gasteiger partial charge in [0.25, 0.3) is 0 Å². The lowest BCUT2D eigenvalue weighted by molar-refractivity contribution is -0.136. The maximum Gasteiger partial charge on any atom is 0.325 e. The van der Waals surface area contributed by atoms with Crippen molar-refractivity contribution in [1.29, 1.82) is 0 Å². The molecule has 5 aromatic rings. The van der Waals surface area contributed by atoms with Crippen LogP contribution in [0.1, 0.15) is 12.2 Å². The molecule has 11 nitrogen and oxygen atoms in total. The van der Waals surface area contributed by atoms with E-state index in [2.05, 4.69) is 25.6 Å². The van der Waals surface area contributed by atoms with Gasteiger partial charge in [-0.25, -0.2) is 9.78 Å². The molecule has 5 rings (SSSR count). The predicted molar refractivity (Wildman–Crippen MR) is 157 cm³/mol. The van der Waals surface area contributed by atoms with Crippen LogP contribution in [0.15, 0.2) is 84.5 Å². The van der Waals surface area contributed by atoms with E-state index < -0.39 is 12.0 Å². The summed E-state index contributed by atoms with van der Waals surface area (Å²) in [6, 6.07) is 22.2. The third kappa shape index (κ3) is 7.25. The Morgan fingerprint density at radius 3 is 2.61 bits per heavy atom. The number of carbonyl (C=O) groups is 2. The van der Waals surface area contributed by atoms with Gasteiger partial charge in [-0.05, 0) is 41.1 Å². The van der Waals surface area contributed by atoms with Gasteiger partial charge in [0, 0.05) is 11.9 Å². The van der Waals surface area contributed by atoms with Crippen LogP contribution in [0.25, 0.3) is 10.8 Å². The Morgan fingerprint density at radius 2 is 1.78 bits per heavy atom. The zero-order chi connectivity index (χ0) is 28.6. The number of carboxylic acids is 1. The Morgan fingerprint density at radius 1 is 0.976 bits per heavy atom. The van der Waals surface area contributed by atoms with Gasteiger partial charge in [0.1, 0.15) is 17.8 Å². The molecule has 0 unspecified atom stereocenters. The monoisotopic (exact) mass is 570 g/mol. The zero-order valence-electron chi connectivity index (χ0n) is 22.0. The number of nitrogens with zero attached hydrogens (tertiary/aromatic N) is 4. The number of carbonyl (C=O) groups excluding carboxylic acids is 1. The fraction of sp³-hybridized carbons (Fsp3) is 0.138. The van der Waals surface area contributed by atoms with Gasteiger partial charge < -0.3 is 30.1 Å². The first-order chi connectivity index (χ1) is 20.0. The lowest BCUT2D eigenvalue weighted by Crippen LogP contribution is -2.26. The molecule has 2 aromatic heterocycles. The van der Waals surface area contributed by atoms with Crippen LogP contribution in [0.4, 0.5) is 21.2 Å². The summed E-state index contributed by atoms with van der Waals surface area (Å²) in [5.74, 6) is 0.592. The number of urea groups is 1. The third-order valence-electron chi connectivity index (χ3n) is 5.97. The molecule has 2 amide bonds. The van der Waals surface area contributed by atoms with Gasteiger partial charge in [-0.3, -0.25) is 4.79 Å². The van der Waals surface area contributed by atoms with Gasteiger partial charge in [0.2, 0.25) is 0 Å². The van der Waals surface area contributed by atoms with Crippen molar-refractivity contribution >= 4 is 50.5 Å². The summed E-state index contributed by atoms with van der Waals surface area (Å²) in [5.41, 5.74) is 1.08. The topological polar surface area (TPSA) is 139 Å². The van der Waals surface area contributed by atoms with Crippen molar-refractivity contribution in [2.24, 2.45) is 0 Å². The minimum absolute atomic E-state index is 0.0967. The Hall–Kier alpha value is -5.23. The van der Waals surface area contributed by atoms with Crippen molar-refractivity contribution in [2.45, 2.75) is 13.0 Å². The molecule has 12 heteroatoms. The molecule has 0 bridgehead atoms. The van der Waals surface area contributed by atoms with Gasteiger partial charge in [-0.15, -0.1) is 11.3 Å². The number of aromatic nitrogens is 3. The fourth-order valence-electron chi connectivity index (χ4n) is 4.03. The molecule has 0 aliphatic heterocycles. The Bertz CT molecular complexity index is 1680. The molecule has 41 heavy (non-hydrogen) atoms. The number of thiophene rings is 1. The summed E-state index contributed by atoms with van der Waals surface area (Å²) in [6.07, 6.45) is 1.26. The largest absolute Gasteiger partial charge is 0.495 e. The number of amides is 2.